The summed E-state index contributed by atoms with van der Waals surface area (Å²) in [7, 11) is 7.99. The second kappa shape index (κ2) is 14.4. The molecule has 3 aliphatic rings. The van der Waals surface area contributed by atoms with Crippen molar-refractivity contribution in [1.82, 2.24) is 4.90 Å². The number of unbranched alkanes of at least 4 members (excludes halogenated alkanes) is 1. The van der Waals surface area contributed by atoms with Gasteiger partial charge in [-0.1, -0.05) is 25.5 Å². The molecular weight excluding hydrogens is 578 g/mol. The molecular formula is C34H48N3O8+. The molecule has 2 aromatic rings. The zero-order valence-corrected chi connectivity index (χ0v) is 27.2. The molecule has 0 radical (unpaired) electrons. The first-order valence-corrected chi connectivity index (χ1v) is 15.9. The van der Waals surface area contributed by atoms with Gasteiger partial charge >= 0.3 is 5.97 Å². The van der Waals surface area contributed by atoms with Crippen molar-refractivity contribution in [1.29, 1.82) is 0 Å². The van der Waals surface area contributed by atoms with Crippen LogP contribution in [0.25, 0.3) is 0 Å². The Balaban J connectivity index is 1.44. The Labute approximate surface area is 266 Å². The lowest BCUT2D eigenvalue weighted by molar-refractivity contribution is -0.884. The standard InChI is InChI=1S/C34H47N3O8/c1-6-7-13-36(25-10-8-9-23(16-25)21-37(2,3)4)30(38)20-35-19-26(24-17-28(41-5)33-29(18-24)44-22-45-33)32(34(39)40)27(35)11-12-31-42-14-15-43-31/h8-10,16-18,26-27,31-32H,6-7,11-15,19-22H2,1-5H3/p+1. The highest BCUT2D eigenvalue weighted by Crippen LogP contribution is 2.47. The number of carboxylic acid groups (broad SMARTS) is 1. The summed E-state index contributed by atoms with van der Waals surface area (Å²) < 4.78 is 29.0. The van der Waals surface area contributed by atoms with Crippen LogP contribution < -0.4 is 19.1 Å². The number of carbonyl (C=O) groups excluding carboxylic acids is 1. The average Bonchev–Trinajstić information content (AvgIpc) is 3.75. The van der Waals surface area contributed by atoms with Crippen LogP contribution in [0.2, 0.25) is 0 Å². The van der Waals surface area contributed by atoms with Gasteiger partial charge in [-0.05, 0) is 49.1 Å². The molecule has 2 aromatic carbocycles. The van der Waals surface area contributed by atoms with Gasteiger partial charge in [0.2, 0.25) is 18.4 Å². The largest absolute Gasteiger partial charge is 0.493 e. The van der Waals surface area contributed by atoms with Gasteiger partial charge in [-0.15, -0.1) is 0 Å². The normalized spacial score (nSPS) is 21.8. The zero-order chi connectivity index (χ0) is 32.1. The van der Waals surface area contributed by atoms with Gasteiger partial charge in [-0.2, -0.15) is 0 Å². The fraction of sp³-hybridized carbons (Fsp3) is 0.588. The number of quaternary nitrogens is 1. The highest BCUT2D eigenvalue weighted by Gasteiger charge is 2.48. The molecule has 3 atom stereocenters. The number of carbonyl (C=O) groups is 2. The topological polar surface area (TPSA) is 107 Å². The van der Waals surface area contributed by atoms with E-state index in [1.165, 1.54) is 0 Å². The molecule has 3 heterocycles. The van der Waals surface area contributed by atoms with E-state index in [1.807, 2.05) is 34.1 Å². The Kier molecular flexibility index (Phi) is 10.5. The summed E-state index contributed by atoms with van der Waals surface area (Å²) in [5, 5.41) is 10.6. The van der Waals surface area contributed by atoms with Crippen LogP contribution >= 0.6 is 0 Å². The maximum absolute atomic E-state index is 14.2. The molecule has 3 aliphatic heterocycles. The van der Waals surface area contributed by atoms with E-state index in [0.717, 1.165) is 40.7 Å². The number of carboxylic acids is 1. The molecule has 1 amide bonds. The summed E-state index contributed by atoms with van der Waals surface area (Å²) in [5.74, 6) is -0.552. The van der Waals surface area contributed by atoms with Crippen LogP contribution in [-0.4, -0.2) is 107 Å². The monoisotopic (exact) mass is 626 g/mol. The molecule has 2 saturated heterocycles. The Morgan fingerprint density at radius 1 is 1.09 bits per heavy atom. The Bertz CT molecular complexity index is 1340. The molecule has 0 saturated carbocycles. The van der Waals surface area contributed by atoms with Crippen molar-refractivity contribution < 1.29 is 42.9 Å². The van der Waals surface area contributed by atoms with Gasteiger partial charge in [-0.25, -0.2) is 0 Å². The number of fused-ring (bicyclic) bond motifs is 1. The quantitative estimate of drug-likeness (QED) is 0.311. The maximum Gasteiger partial charge on any atom is 0.308 e. The van der Waals surface area contributed by atoms with Gasteiger partial charge in [0.1, 0.15) is 6.54 Å². The number of methoxy groups -OCH3 is 1. The first-order chi connectivity index (χ1) is 21.6. The highest BCUT2D eigenvalue weighted by atomic mass is 16.7. The van der Waals surface area contributed by atoms with Crippen LogP contribution in [-0.2, 0) is 25.6 Å². The van der Waals surface area contributed by atoms with E-state index in [4.69, 9.17) is 23.7 Å². The molecule has 11 nitrogen and oxygen atoms in total. The smallest absolute Gasteiger partial charge is 0.308 e. The molecule has 2 fully saturated rings. The van der Waals surface area contributed by atoms with Gasteiger partial charge in [0.05, 0.1) is 53.9 Å². The SMILES string of the molecule is CCCCN(C(=O)CN1CC(c2cc(OC)c3c(c2)OCO3)C(C(=O)O)C1CCC1OCCO1)c1cccc(C[N+](C)(C)C)c1. The van der Waals surface area contributed by atoms with Gasteiger partial charge in [0.25, 0.3) is 0 Å². The Morgan fingerprint density at radius 3 is 2.56 bits per heavy atom. The lowest BCUT2D eigenvalue weighted by Crippen LogP contribution is -2.45. The van der Waals surface area contributed by atoms with Crippen LogP contribution in [0.1, 0.15) is 49.7 Å². The van der Waals surface area contributed by atoms with Crippen molar-refractivity contribution in [3.63, 3.8) is 0 Å². The van der Waals surface area contributed by atoms with Crippen molar-refractivity contribution >= 4 is 17.6 Å². The number of aliphatic carboxylic acids is 1. The summed E-state index contributed by atoms with van der Waals surface area (Å²) in [4.78, 5) is 31.1. The molecule has 0 aliphatic carbocycles. The molecule has 45 heavy (non-hydrogen) atoms. The van der Waals surface area contributed by atoms with E-state index in [0.29, 0.717) is 56.4 Å². The summed E-state index contributed by atoms with van der Waals surface area (Å²) in [6.07, 6.45) is 2.50. The van der Waals surface area contributed by atoms with E-state index in [2.05, 4.69) is 40.2 Å². The minimum atomic E-state index is -0.902. The zero-order valence-electron chi connectivity index (χ0n) is 27.2. The number of amides is 1. The predicted octanol–water partition coefficient (Wildman–Crippen LogP) is 4.09. The molecule has 0 bridgehead atoms. The lowest BCUT2D eigenvalue weighted by Gasteiger charge is -2.30. The van der Waals surface area contributed by atoms with Crippen molar-refractivity contribution in [2.75, 3.05) is 72.8 Å². The van der Waals surface area contributed by atoms with Crippen LogP contribution in [0.15, 0.2) is 36.4 Å². The number of ether oxygens (including phenoxy) is 5. The molecule has 1 N–H and O–H groups in total. The summed E-state index contributed by atoms with van der Waals surface area (Å²) in [6.45, 7) is 5.17. The second-order valence-corrected chi connectivity index (χ2v) is 13.2. The Hall–Kier alpha value is -3.38. The van der Waals surface area contributed by atoms with E-state index < -0.39 is 23.8 Å². The first-order valence-electron chi connectivity index (χ1n) is 15.9. The summed E-state index contributed by atoms with van der Waals surface area (Å²) in [6, 6.07) is 11.5. The van der Waals surface area contributed by atoms with Crippen molar-refractivity contribution in [2.24, 2.45) is 5.92 Å². The van der Waals surface area contributed by atoms with Crippen molar-refractivity contribution in [3.8, 4) is 17.2 Å². The maximum atomic E-state index is 14.2. The summed E-state index contributed by atoms with van der Waals surface area (Å²) in [5.41, 5.74) is 2.81. The molecule has 5 rings (SSSR count). The number of benzene rings is 2. The number of likely N-dealkylation sites (tertiary alicyclic amines) is 1. The first kappa shape index (κ1) is 33.0. The van der Waals surface area contributed by atoms with E-state index in [-0.39, 0.29) is 25.5 Å². The minimum Gasteiger partial charge on any atom is -0.493 e. The van der Waals surface area contributed by atoms with Crippen LogP contribution in [0, 0.1) is 5.92 Å². The van der Waals surface area contributed by atoms with Crippen LogP contribution in [0.3, 0.4) is 0 Å². The Morgan fingerprint density at radius 2 is 1.87 bits per heavy atom. The number of nitrogens with zero attached hydrogens (tertiary/aromatic N) is 3. The molecule has 3 unspecified atom stereocenters. The summed E-state index contributed by atoms with van der Waals surface area (Å²) >= 11 is 0. The minimum absolute atomic E-state index is 0.0442. The molecule has 0 aromatic heterocycles. The molecule has 246 valence electrons. The van der Waals surface area contributed by atoms with Crippen molar-refractivity contribution in [2.45, 2.75) is 57.4 Å². The van der Waals surface area contributed by atoms with E-state index in [9.17, 15) is 14.7 Å². The highest BCUT2D eigenvalue weighted by molar-refractivity contribution is 5.95. The number of hydrogen-bond acceptors (Lipinski definition) is 8. The number of anilines is 1. The fourth-order valence-electron chi connectivity index (χ4n) is 6.78. The van der Waals surface area contributed by atoms with Crippen LogP contribution in [0.4, 0.5) is 5.69 Å². The number of rotatable bonds is 14. The van der Waals surface area contributed by atoms with Gasteiger partial charge in [0.15, 0.2) is 17.8 Å². The third-order valence-electron chi connectivity index (χ3n) is 8.79. The van der Waals surface area contributed by atoms with Crippen molar-refractivity contribution in [3.05, 3.63) is 47.5 Å². The molecule has 0 spiro atoms. The lowest BCUT2D eigenvalue weighted by atomic mass is 9.83. The van der Waals surface area contributed by atoms with Gasteiger partial charge in [0, 0.05) is 36.3 Å². The van der Waals surface area contributed by atoms with Gasteiger partial charge in [-0.3, -0.25) is 14.5 Å². The molecule has 11 heteroatoms. The second-order valence-electron chi connectivity index (χ2n) is 13.2. The average molecular weight is 627 g/mol. The predicted molar refractivity (Wildman–Crippen MR) is 169 cm³/mol. The number of hydrogen-bond donors (Lipinski definition) is 1. The third-order valence-corrected chi connectivity index (χ3v) is 8.79. The van der Waals surface area contributed by atoms with E-state index in [1.54, 1.807) is 7.11 Å². The van der Waals surface area contributed by atoms with E-state index >= 15 is 0 Å². The third kappa shape index (κ3) is 7.89. The fourth-order valence-corrected chi connectivity index (χ4v) is 6.78. The van der Waals surface area contributed by atoms with Crippen LogP contribution in [0.5, 0.6) is 17.2 Å². The van der Waals surface area contributed by atoms with Gasteiger partial charge < -0.3 is 38.2 Å².